The molecule has 0 bridgehead atoms. The third-order valence-corrected chi connectivity index (χ3v) is 3.41. The molecule has 2 aromatic heterocycles. The predicted octanol–water partition coefficient (Wildman–Crippen LogP) is 1.14. The fourth-order valence-corrected chi connectivity index (χ4v) is 2.26. The highest BCUT2D eigenvalue weighted by atomic mass is 16.5. The maximum absolute atomic E-state index is 11.9. The molecule has 3 heterocycles. The van der Waals surface area contributed by atoms with Crippen molar-refractivity contribution in [3.63, 3.8) is 0 Å². The summed E-state index contributed by atoms with van der Waals surface area (Å²) in [6.07, 6.45) is 0. The molecule has 0 atom stereocenters. The molecule has 3 rings (SSSR count). The van der Waals surface area contributed by atoms with Crippen LogP contribution in [0.25, 0.3) is 0 Å². The van der Waals surface area contributed by atoms with Gasteiger partial charge < -0.3 is 19.5 Å². The Labute approximate surface area is 128 Å². The second-order valence-electron chi connectivity index (χ2n) is 5.10. The summed E-state index contributed by atoms with van der Waals surface area (Å²) in [7, 11) is 0. The minimum absolute atomic E-state index is 0.210. The number of aryl methyl sites for hydroxylation is 1. The van der Waals surface area contributed by atoms with Crippen LogP contribution in [-0.4, -0.2) is 42.4 Å². The zero-order valence-electron chi connectivity index (χ0n) is 12.4. The molecule has 0 aliphatic carbocycles. The second kappa shape index (κ2) is 6.57. The van der Waals surface area contributed by atoms with Gasteiger partial charge in [-0.1, -0.05) is 11.2 Å². The van der Waals surface area contributed by atoms with Gasteiger partial charge in [-0.15, -0.1) is 0 Å². The van der Waals surface area contributed by atoms with E-state index in [4.69, 9.17) is 9.26 Å². The number of pyridine rings is 1. The third kappa shape index (κ3) is 3.43. The summed E-state index contributed by atoms with van der Waals surface area (Å²) < 4.78 is 10.3. The van der Waals surface area contributed by atoms with Gasteiger partial charge in [0.1, 0.15) is 5.82 Å². The lowest BCUT2D eigenvalue weighted by Gasteiger charge is -2.28. The molecule has 0 unspecified atom stereocenters. The summed E-state index contributed by atoms with van der Waals surface area (Å²) in [5.41, 5.74) is 1.48. The number of aromatic nitrogens is 2. The molecule has 1 fully saturated rings. The van der Waals surface area contributed by atoms with Crippen molar-refractivity contribution in [1.82, 2.24) is 15.5 Å². The molecule has 1 saturated heterocycles. The second-order valence-corrected chi connectivity index (χ2v) is 5.10. The minimum atomic E-state index is -0.292. The smallest absolute Gasteiger partial charge is 0.290 e. The molecule has 7 heteroatoms. The average Bonchev–Trinajstić information content (AvgIpc) is 3.00. The Hall–Kier alpha value is -2.41. The number of nitrogens with zero attached hydrogens (tertiary/aromatic N) is 3. The molecule has 0 spiro atoms. The Morgan fingerprint density at radius 2 is 2.18 bits per heavy atom. The van der Waals surface area contributed by atoms with Gasteiger partial charge in [0.25, 0.3) is 5.91 Å². The van der Waals surface area contributed by atoms with E-state index in [2.05, 4.69) is 20.4 Å². The van der Waals surface area contributed by atoms with Crippen LogP contribution < -0.4 is 10.2 Å². The Morgan fingerprint density at radius 1 is 1.36 bits per heavy atom. The van der Waals surface area contributed by atoms with Crippen LogP contribution in [0.3, 0.4) is 0 Å². The molecule has 0 saturated carbocycles. The molecule has 1 aliphatic heterocycles. The number of ether oxygens (including phenoxy) is 1. The Balaban J connectivity index is 1.61. The number of amides is 1. The maximum Gasteiger partial charge on any atom is 0.290 e. The SMILES string of the molecule is Cc1cc(C(=O)NCc2cccc(N3CCOCC3)n2)on1. The summed E-state index contributed by atoms with van der Waals surface area (Å²) in [5.74, 6) is 0.826. The molecular formula is C15H18N4O3. The first kappa shape index (κ1) is 14.5. The van der Waals surface area contributed by atoms with E-state index in [1.807, 2.05) is 18.2 Å². The number of nitrogens with one attached hydrogen (secondary N) is 1. The van der Waals surface area contributed by atoms with E-state index in [0.717, 1.165) is 24.6 Å². The highest BCUT2D eigenvalue weighted by Crippen LogP contribution is 2.13. The first-order valence-electron chi connectivity index (χ1n) is 7.22. The van der Waals surface area contributed by atoms with E-state index < -0.39 is 0 Å². The number of carbonyl (C=O) groups is 1. The molecule has 0 aromatic carbocycles. The standard InChI is InChI=1S/C15H18N4O3/c1-11-9-13(22-18-11)15(20)16-10-12-3-2-4-14(17-12)19-5-7-21-8-6-19/h2-4,9H,5-8,10H2,1H3,(H,16,20). The predicted molar refractivity (Wildman–Crippen MR) is 79.7 cm³/mol. The number of anilines is 1. The summed E-state index contributed by atoms with van der Waals surface area (Å²) in [6, 6.07) is 7.40. The molecule has 22 heavy (non-hydrogen) atoms. The van der Waals surface area contributed by atoms with Crippen molar-refractivity contribution in [3.8, 4) is 0 Å². The molecule has 116 valence electrons. The average molecular weight is 302 g/mol. The van der Waals surface area contributed by atoms with Gasteiger partial charge >= 0.3 is 0 Å². The zero-order valence-corrected chi connectivity index (χ0v) is 12.4. The summed E-state index contributed by atoms with van der Waals surface area (Å²) in [5, 5.41) is 6.48. The van der Waals surface area contributed by atoms with Crippen molar-refractivity contribution >= 4 is 11.7 Å². The summed E-state index contributed by atoms with van der Waals surface area (Å²) >= 11 is 0. The zero-order chi connectivity index (χ0) is 15.4. The fourth-order valence-electron chi connectivity index (χ4n) is 2.26. The molecular weight excluding hydrogens is 284 g/mol. The fraction of sp³-hybridized carbons (Fsp3) is 0.400. The van der Waals surface area contributed by atoms with Crippen molar-refractivity contribution in [3.05, 3.63) is 41.4 Å². The summed E-state index contributed by atoms with van der Waals surface area (Å²) in [6.45, 7) is 5.21. The van der Waals surface area contributed by atoms with Crippen LogP contribution in [0.5, 0.6) is 0 Å². The van der Waals surface area contributed by atoms with Crippen molar-refractivity contribution in [2.24, 2.45) is 0 Å². The highest BCUT2D eigenvalue weighted by molar-refractivity contribution is 5.91. The Morgan fingerprint density at radius 3 is 2.91 bits per heavy atom. The highest BCUT2D eigenvalue weighted by Gasteiger charge is 2.14. The number of carbonyl (C=O) groups excluding carboxylic acids is 1. The molecule has 0 radical (unpaired) electrons. The van der Waals surface area contributed by atoms with Gasteiger partial charge in [0.2, 0.25) is 5.76 Å². The molecule has 2 aromatic rings. The van der Waals surface area contributed by atoms with E-state index >= 15 is 0 Å². The monoisotopic (exact) mass is 302 g/mol. The lowest BCUT2D eigenvalue weighted by Crippen LogP contribution is -2.37. The third-order valence-electron chi connectivity index (χ3n) is 3.41. The lowest BCUT2D eigenvalue weighted by molar-refractivity contribution is 0.0913. The molecule has 7 nitrogen and oxygen atoms in total. The topological polar surface area (TPSA) is 80.5 Å². The lowest BCUT2D eigenvalue weighted by atomic mass is 10.3. The van der Waals surface area contributed by atoms with E-state index in [-0.39, 0.29) is 11.7 Å². The number of hydrogen-bond donors (Lipinski definition) is 1. The van der Waals surface area contributed by atoms with Crippen LogP contribution in [0, 0.1) is 6.92 Å². The summed E-state index contributed by atoms with van der Waals surface area (Å²) in [4.78, 5) is 18.7. The molecule has 1 amide bonds. The Bertz CT molecular complexity index is 650. The van der Waals surface area contributed by atoms with Crippen LogP contribution in [0.1, 0.15) is 21.9 Å². The van der Waals surface area contributed by atoms with Crippen molar-refractivity contribution in [2.45, 2.75) is 13.5 Å². The van der Waals surface area contributed by atoms with E-state index in [0.29, 0.717) is 25.5 Å². The Kier molecular flexibility index (Phi) is 4.34. The van der Waals surface area contributed by atoms with Crippen LogP contribution in [-0.2, 0) is 11.3 Å². The van der Waals surface area contributed by atoms with Crippen molar-refractivity contribution in [1.29, 1.82) is 0 Å². The first-order chi connectivity index (χ1) is 10.7. The van der Waals surface area contributed by atoms with Gasteiger partial charge in [-0.3, -0.25) is 4.79 Å². The maximum atomic E-state index is 11.9. The van der Waals surface area contributed by atoms with Gasteiger partial charge in [-0.05, 0) is 19.1 Å². The quantitative estimate of drug-likeness (QED) is 0.912. The van der Waals surface area contributed by atoms with Crippen molar-refractivity contribution < 1.29 is 14.1 Å². The van der Waals surface area contributed by atoms with E-state index in [1.165, 1.54) is 0 Å². The minimum Gasteiger partial charge on any atom is -0.378 e. The van der Waals surface area contributed by atoms with Crippen molar-refractivity contribution in [2.75, 3.05) is 31.2 Å². The number of hydrogen-bond acceptors (Lipinski definition) is 6. The molecule has 1 aliphatic rings. The van der Waals surface area contributed by atoms with E-state index in [9.17, 15) is 4.79 Å². The van der Waals surface area contributed by atoms with Gasteiger partial charge in [0.15, 0.2) is 0 Å². The van der Waals surface area contributed by atoms with E-state index in [1.54, 1.807) is 13.0 Å². The number of rotatable bonds is 4. The van der Waals surface area contributed by atoms with Crippen LogP contribution >= 0.6 is 0 Å². The van der Waals surface area contributed by atoms with Crippen LogP contribution in [0.4, 0.5) is 5.82 Å². The van der Waals surface area contributed by atoms with Gasteiger partial charge in [-0.25, -0.2) is 4.98 Å². The van der Waals surface area contributed by atoms with Crippen LogP contribution in [0.2, 0.25) is 0 Å². The van der Waals surface area contributed by atoms with Gasteiger partial charge in [0, 0.05) is 19.2 Å². The van der Waals surface area contributed by atoms with Crippen LogP contribution in [0.15, 0.2) is 28.8 Å². The number of morpholine rings is 1. The van der Waals surface area contributed by atoms with Gasteiger partial charge in [-0.2, -0.15) is 0 Å². The van der Waals surface area contributed by atoms with Gasteiger partial charge in [0.05, 0.1) is 31.1 Å². The normalized spacial score (nSPS) is 14.9. The molecule has 1 N–H and O–H groups in total. The first-order valence-corrected chi connectivity index (χ1v) is 7.22. The largest absolute Gasteiger partial charge is 0.378 e.